The zero-order valence-electron chi connectivity index (χ0n) is 12.5. The molecular formula is C17H28NO2+. The van der Waals surface area contributed by atoms with Crippen LogP contribution in [0.4, 0.5) is 0 Å². The summed E-state index contributed by atoms with van der Waals surface area (Å²) in [6.45, 7) is 4.50. The number of rotatable bonds is 3. The molecule has 2 atom stereocenters. The molecule has 0 aromatic carbocycles. The molecule has 1 aliphatic heterocycles. The van der Waals surface area contributed by atoms with E-state index in [1.807, 2.05) is 0 Å². The lowest BCUT2D eigenvalue weighted by Crippen LogP contribution is -3.15. The van der Waals surface area contributed by atoms with Crippen LogP contribution in [0, 0.1) is 23.2 Å². The van der Waals surface area contributed by atoms with Gasteiger partial charge >= 0.3 is 0 Å². The summed E-state index contributed by atoms with van der Waals surface area (Å²) in [6.07, 6.45) is 9.33. The number of nitrogens with one attached hydrogen (secondary N) is 1. The van der Waals surface area contributed by atoms with Gasteiger partial charge in [0.1, 0.15) is 19.6 Å². The molecule has 5 aliphatic rings. The maximum Gasteiger partial charge on any atom is 0.192 e. The molecule has 0 radical (unpaired) electrons. The van der Waals surface area contributed by atoms with Gasteiger partial charge in [0.05, 0.1) is 13.2 Å². The molecule has 4 saturated carbocycles. The summed E-state index contributed by atoms with van der Waals surface area (Å²) in [6, 6.07) is 0. The van der Waals surface area contributed by atoms with Crippen LogP contribution in [0.1, 0.15) is 44.9 Å². The molecule has 4 bridgehead atoms. The highest BCUT2D eigenvalue weighted by Gasteiger charge is 2.52. The van der Waals surface area contributed by atoms with Gasteiger partial charge in [0, 0.05) is 5.41 Å². The Morgan fingerprint density at radius 2 is 1.60 bits per heavy atom. The molecule has 112 valence electrons. The van der Waals surface area contributed by atoms with Crippen molar-refractivity contribution in [3.63, 3.8) is 0 Å². The summed E-state index contributed by atoms with van der Waals surface area (Å²) in [4.78, 5) is 14.5. The lowest BCUT2D eigenvalue weighted by atomic mass is 9.57. The molecule has 1 saturated heterocycles. The Labute approximate surface area is 122 Å². The average Bonchev–Trinajstić information content (AvgIpc) is 2.66. The minimum atomic E-state index is 0.0955. The van der Waals surface area contributed by atoms with Crippen LogP contribution in [0.3, 0.4) is 0 Å². The minimum absolute atomic E-state index is 0.0955. The van der Waals surface area contributed by atoms with Crippen LogP contribution in [0.5, 0.6) is 0 Å². The van der Waals surface area contributed by atoms with Crippen molar-refractivity contribution in [1.29, 1.82) is 0 Å². The van der Waals surface area contributed by atoms with Gasteiger partial charge in [0.25, 0.3) is 0 Å². The number of fused-ring (bicyclic) bond motifs is 1. The zero-order chi connectivity index (χ0) is 13.6. The lowest BCUT2D eigenvalue weighted by Gasteiger charge is -2.47. The molecule has 0 aromatic rings. The maximum absolute atomic E-state index is 13.1. The van der Waals surface area contributed by atoms with E-state index in [1.165, 1.54) is 49.8 Å². The molecular weight excluding hydrogens is 250 g/mol. The quantitative estimate of drug-likeness (QED) is 0.837. The molecule has 1 N–H and O–H groups in total. The molecule has 4 aliphatic carbocycles. The number of quaternary nitrogens is 1. The second-order valence-electron chi connectivity index (χ2n) is 8.00. The summed E-state index contributed by atoms with van der Waals surface area (Å²) in [5.74, 6) is 3.21. The maximum atomic E-state index is 13.1. The SMILES string of the molecule is O=C(C[NH+]1CCOCC1)C12CC3C[C@@H](CC[C@H](C3)C1)C2. The molecule has 1 heterocycles. The monoisotopic (exact) mass is 278 g/mol. The highest BCUT2D eigenvalue weighted by molar-refractivity contribution is 5.86. The summed E-state index contributed by atoms with van der Waals surface area (Å²) in [7, 11) is 0. The van der Waals surface area contributed by atoms with E-state index in [4.69, 9.17) is 4.74 Å². The first kappa shape index (κ1) is 13.3. The van der Waals surface area contributed by atoms with Crippen molar-refractivity contribution in [2.45, 2.75) is 44.9 Å². The highest BCUT2D eigenvalue weighted by atomic mass is 16.5. The molecule has 5 fully saturated rings. The Bertz CT molecular complexity index is 372. The number of hydrogen-bond acceptors (Lipinski definition) is 2. The van der Waals surface area contributed by atoms with Gasteiger partial charge in [-0.15, -0.1) is 0 Å². The Morgan fingerprint density at radius 3 is 2.25 bits per heavy atom. The van der Waals surface area contributed by atoms with Crippen molar-refractivity contribution in [1.82, 2.24) is 0 Å². The smallest absolute Gasteiger partial charge is 0.192 e. The van der Waals surface area contributed by atoms with Crippen LogP contribution in [0.15, 0.2) is 0 Å². The third-order valence-electron chi connectivity index (χ3n) is 6.56. The van der Waals surface area contributed by atoms with E-state index in [1.54, 1.807) is 0 Å². The molecule has 20 heavy (non-hydrogen) atoms. The van der Waals surface area contributed by atoms with Gasteiger partial charge < -0.3 is 9.64 Å². The largest absolute Gasteiger partial charge is 0.370 e. The molecule has 3 heteroatoms. The van der Waals surface area contributed by atoms with Gasteiger partial charge in [-0.25, -0.2) is 0 Å². The van der Waals surface area contributed by atoms with Gasteiger partial charge in [-0.05, 0) is 49.9 Å². The molecule has 0 amide bonds. The van der Waals surface area contributed by atoms with Gasteiger partial charge in [0.15, 0.2) is 5.78 Å². The summed E-state index contributed by atoms with van der Waals surface area (Å²) in [5, 5.41) is 0. The van der Waals surface area contributed by atoms with Crippen LogP contribution < -0.4 is 4.90 Å². The average molecular weight is 278 g/mol. The van der Waals surface area contributed by atoms with E-state index in [2.05, 4.69) is 0 Å². The molecule has 0 unspecified atom stereocenters. The first-order valence-corrected chi connectivity index (χ1v) is 8.68. The number of ether oxygens (including phenoxy) is 1. The fraction of sp³-hybridized carbons (Fsp3) is 0.941. The van der Waals surface area contributed by atoms with Crippen molar-refractivity contribution in [2.75, 3.05) is 32.8 Å². The summed E-state index contributed by atoms with van der Waals surface area (Å²) >= 11 is 0. The molecule has 3 nitrogen and oxygen atoms in total. The summed E-state index contributed by atoms with van der Waals surface area (Å²) < 4.78 is 5.42. The second-order valence-corrected chi connectivity index (χ2v) is 8.00. The first-order valence-electron chi connectivity index (χ1n) is 8.68. The van der Waals surface area contributed by atoms with Crippen LogP contribution in [0.25, 0.3) is 0 Å². The molecule has 5 rings (SSSR count). The standard InChI is InChI=1S/C17H27NO2/c19-16(12-18-3-5-20-6-4-18)17-9-13-1-2-14(10-17)8-15(7-13)11-17/h13-15H,1-12H2/p+1/t13-,14-,15?,17?/m1/s1. The van der Waals surface area contributed by atoms with E-state index in [0.717, 1.165) is 50.6 Å². The Hall–Kier alpha value is -0.410. The predicted octanol–water partition coefficient (Wildman–Crippen LogP) is 1.08. The van der Waals surface area contributed by atoms with Crippen LogP contribution >= 0.6 is 0 Å². The van der Waals surface area contributed by atoms with Crippen molar-refractivity contribution >= 4 is 5.78 Å². The zero-order valence-corrected chi connectivity index (χ0v) is 12.5. The normalized spacial score (nSPS) is 44.5. The van der Waals surface area contributed by atoms with E-state index in [-0.39, 0.29) is 5.41 Å². The number of ketones is 1. The van der Waals surface area contributed by atoms with Gasteiger partial charge in [-0.1, -0.05) is 12.8 Å². The van der Waals surface area contributed by atoms with Gasteiger partial charge in [-0.3, -0.25) is 4.79 Å². The van der Waals surface area contributed by atoms with Crippen molar-refractivity contribution < 1.29 is 14.4 Å². The Kier molecular flexibility index (Phi) is 3.38. The Morgan fingerprint density at radius 1 is 1.00 bits per heavy atom. The van der Waals surface area contributed by atoms with Crippen LogP contribution in [-0.4, -0.2) is 38.6 Å². The van der Waals surface area contributed by atoms with E-state index < -0.39 is 0 Å². The molecule has 0 spiro atoms. The lowest BCUT2D eigenvalue weighted by molar-refractivity contribution is -0.900. The number of carbonyl (C=O) groups excluding carboxylic acids is 1. The van der Waals surface area contributed by atoms with Crippen LogP contribution in [0.2, 0.25) is 0 Å². The van der Waals surface area contributed by atoms with Crippen molar-refractivity contribution in [2.24, 2.45) is 23.2 Å². The van der Waals surface area contributed by atoms with Gasteiger partial charge in [0.2, 0.25) is 0 Å². The van der Waals surface area contributed by atoms with E-state index in [9.17, 15) is 4.79 Å². The van der Waals surface area contributed by atoms with Crippen molar-refractivity contribution in [3.05, 3.63) is 0 Å². The first-order chi connectivity index (χ1) is 9.73. The minimum Gasteiger partial charge on any atom is -0.370 e. The predicted molar refractivity (Wildman–Crippen MR) is 76.6 cm³/mol. The number of Topliss-reactive ketones (excluding diaryl/α,β-unsaturated/α-hetero) is 1. The topological polar surface area (TPSA) is 30.7 Å². The second kappa shape index (κ2) is 5.10. The third-order valence-corrected chi connectivity index (χ3v) is 6.56. The summed E-state index contributed by atoms with van der Waals surface area (Å²) in [5.41, 5.74) is 0.0955. The number of hydrogen-bond donors (Lipinski definition) is 1. The number of carbonyl (C=O) groups is 1. The fourth-order valence-electron chi connectivity index (χ4n) is 5.78. The number of morpholine rings is 1. The Balaban J connectivity index is 1.49. The van der Waals surface area contributed by atoms with Crippen molar-refractivity contribution in [3.8, 4) is 0 Å². The van der Waals surface area contributed by atoms with E-state index >= 15 is 0 Å². The fourth-order valence-corrected chi connectivity index (χ4v) is 5.78. The van der Waals surface area contributed by atoms with Crippen LogP contribution in [-0.2, 0) is 9.53 Å². The highest BCUT2D eigenvalue weighted by Crippen LogP contribution is 2.57. The van der Waals surface area contributed by atoms with Gasteiger partial charge in [-0.2, -0.15) is 0 Å². The van der Waals surface area contributed by atoms with E-state index in [0.29, 0.717) is 5.78 Å². The third kappa shape index (κ3) is 2.33. The molecule has 0 aromatic heterocycles.